The Hall–Kier alpha value is -2.49. The van der Waals surface area contributed by atoms with Crippen LogP contribution in [0.2, 0.25) is 0 Å². The van der Waals surface area contributed by atoms with Gasteiger partial charge in [-0.25, -0.2) is 4.39 Å². The second kappa shape index (κ2) is 4.31. The van der Waals surface area contributed by atoms with Crippen LogP contribution in [0.3, 0.4) is 0 Å². The largest absolute Gasteiger partial charge is 0.295 e. The maximum absolute atomic E-state index is 12.9. The van der Waals surface area contributed by atoms with Gasteiger partial charge >= 0.3 is 0 Å². The van der Waals surface area contributed by atoms with Gasteiger partial charge in [-0.2, -0.15) is 5.10 Å². The number of hydrogen-bond acceptors (Lipinski definition) is 2. The molecule has 0 amide bonds. The van der Waals surface area contributed by atoms with E-state index in [4.69, 9.17) is 0 Å². The lowest BCUT2D eigenvalue weighted by Gasteiger charge is -1.99. The molecular weight excluding hydrogens is 243 g/mol. The maximum atomic E-state index is 12.9. The first kappa shape index (κ1) is 11.6. The van der Waals surface area contributed by atoms with Gasteiger partial charge in [0, 0.05) is 16.5 Å². The number of Topliss-reactive ketones (excluding diaryl/α,β-unsaturated/α-hetero) is 1. The van der Waals surface area contributed by atoms with Gasteiger partial charge in [0.2, 0.25) is 0 Å². The van der Waals surface area contributed by atoms with E-state index < -0.39 is 0 Å². The number of fused-ring (bicyclic) bond motifs is 1. The Morgan fingerprint density at radius 3 is 2.58 bits per heavy atom. The van der Waals surface area contributed by atoms with E-state index in [1.807, 2.05) is 6.07 Å². The van der Waals surface area contributed by atoms with Crippen molar-refractivity contribution in [1.29, 1.82) is 0 Å². The van der Waals surface area contributed by atoms with Crippen LogP contribution in [-0.2, 0) is 0 Å². The summed E-state index contributed by atoms with van der Waals surface area (Å²) in [6, 6.07) is 11.5. The number of nitrogens with one attached hydrogen (secondary N) is 1. The highest BCUT2D eigenvalue weighted by Gasteiger charge is 2.10. The van der Waals surface area contributed by atoms with E-state index >= 15 is 0 Å². The zero-order valence-corrected chi connectivity index (χ0v) is 10.3. The molecule has 0 fully saturated rings. The van der Waals surface area contributed by atoms with Gasteiger partial charge in [-0.3, -0.25) is 9.89 Å². The number of aromatic amines is 1. The number of halogens is 1. The van der Waals surface area contributed by atoms with E-state index in [1.54, 1.807) is 24.3 Å². The number of rotatable bonds is 2. The third-order valence-corrected chi connectivity index (χ3v) is 3.09. The zero-order chi connectivity index (χ0) is 13.4. The SMILES string of the molecule is CC(=O)c1ccc2[nH]nc(-c3ccc(F)cc3)c2c1. The van der Waals surface area contributed by atoms with Gasteiger partial charge in [-0.15, -0.1) is 0 Å². The first-order valence-corrected chi connectivity index (χ1v) is 5.90. The number of H-pyrrole nitrogens is 1. The van der Waals surface area contributed by atoms with Crippen LogP contribution in [0.1, 0.15) is 17.3 Å². The molecule has 3 aromatic rings. The fourth-order valence-electron chi connectivity index (χ4n) is 2.06. The van der Waals surface area contributed by atoms with Gasteiger partial charge in [0.25, 0.3) is 0 Å². The number of nitrogens with zero attached hydrogens (tertiary/aromatic N) is 1. The van der Waals surface area contributed by atoms with E-state index in [2.05, 4.69) is 10.2 Å². The van der Waals surface area contributed by atoms with E-state index in [-0.39, 0.29) is 11.6 Å². The second-order valence-electron chi connectivity index (χ2n) is 4.40. The average molecular weight is 254 g/mol. The van der Waals surface area contributed by atoms with Gasteiger partial charge in [-0.1, -0.05) is 0 Å². The van der Waals surface area contributed by atoms with Gasteiger partial charge in [0.15, 0.2) is 5.78 Å². The van der Waals surface area contributed by atoms with Crippen LogP contribution in [0.15, 0.2) is 42.5 Å². The molecular formula is C15H11FN2O. The predicted octanol–water partition coefficient (Wildman–Crippen LogP) is 3.57. The molecule has 3 rings (SSSR count). The summed E-state index contributed by atoms with van der Waals surface area (Å²) < 4.78 is 12.9. The van der Waals surface area contributed by atoms with Crippen molar-refractivity contribution < 1.29 is 9.18 Å². The molecule has 0 saturated carbocycles. The van der Waals surface area contributed by atoms with Crippen LogP contribution < -0.4 is 0 Å². The molecule has 0 aliphatic rings. The van der Waals surface area contributed by atoms with Crippen molar-refractivity contribution in [1.82, 2.24) is 10.2 Å². The number of carbonyl (C=O) groups excluding carboxylic acids is 1. The lowest BCUT2D eigenvalue weighted by atomic mass is 10.0. The standard InChI is InChI=1S/C15H11FN2O/c1-9(19)11-4-7-14-13(8-11)15(18-17-14)10-2-5-12(16)6-3-10/h2-8H,1H3,(H,17,18). The molecule has 0 aliphatic carbocycles. The van der Waals surface area contributed by atoms with Crippen LogP contribution in [0, 0.1) is 5.82 Å². The van der Waals surface area contributed by atoms with Crippen LogP contribution in [0.5, 0.6) is 0 Å². The summed E-state index contributed by atoms with van der Waals surface area (Å²) in [6.45, 7) is 1.53. The third-order valence-electron chi connectivity index (χ3n) is 3.09. The Labute approximate surface area is 109 Å². The highest BCUT2D eigenvalue weighted by atomic mass is 19.1. The summed E-state index contributed by atoms with van der Waals surface area (Å²) in [5.41, 5.74) is 3.02. The Kier molecular flexibility index (Phi) is 2.63. The topological polar surface area (TPSA) is 45.8 Å². The van der Waals surface area contributed by atoms with E-state index in [9.17, 15) is 9.18 Å². The minimum absolute atomic E-state index is 0.00755. The van der Waals surface area contributed by atoms with Crippen molar-refractivity contribution in [3.63, 3.8) is 0 Å². The second-order valence-corrected chi connectivity index (χ2v) is 4.40. The Morgan fingerprint density at radius 1 is 1.16 bits per heavy atom. The average Bonchev–Trinajstić information content (AvgIpc) is 2.82. The number of ketones is 1. The smallest absolute Gasteiger partial charge is 0.159 e. The van der Waals surface area contributed by atoms with Gasteiger partial charge in [0.05, 0.1) is 11.2 Å². The highest BCUT2D eigenvalue weighted by molar-refractivity contribution is 6.01. The fourth-order valence-corrected chi connectivity index (χ4v) is 2.06. The molecule has 1 aromatic heterocycles. The van der Waals surface area contributed by atoms with Gasteiger partial charge in [-0.05, 0) is 49.4 Å². The quantitative estimate of drug-likeness (QED) is 0.710. The zero-order valence-electron chi connectivity index (χ0n) is 10.3. The van der Waals surface area contributed by atoms with Crippen molar-refractivity contribution in [2.24, 2.45) is 0 Å². The fraction of sp³-hybridized carbons (Fsp3) is 0.0667. The van der Waals surface area contributed by atoms with Crippen LogP contribution >= 0.6 is 0 Å². The minimum atomic E-state index is -0.284. The molecule has 0 atom stereocenters. The van der Waals surface area contributed by atoms with E-state index in [0.29, 0.717) is 5.56 Å². The van der Waals surface area contributed by atoms with Crippen molar-refractivity contribution >= 4 is 16.7 Å². The summed E-state index contributed by atoms with van der Waals surface area (Å²) in [7, 11) is 0. The lowest BCUT2D eigenvalue weighted by molar-refractivity contribution is 0.101. The molecule has 0 spiro atoms. The molecule has 2 aromatic carbocycles. The van der Waals surface area contributed by atoms with Crippen LogP contribution in [-0.4, -0.2) is 16.0 Å². The molecule has 94 valence electrons. The summed E-state index contributed by atoms with van der Waals surface area (Å²) in [5.74, 6) is -0.277. The molecule has 4 heteroatoms. The minimum Gasteiger partial charge on any atom is -0.295 e. The summed E-state index contributed by atoms with van der Waals surface area (Å²) in [5, 5.41) is 8.01. The Bertz CT molecular complexity index is 759. The number of benzene rings is 2. The predicted molar refractivity (Wildman–Crippen MR) is 71.5 cm³/mol. The Morgan fingerprint density at radius 2 is 1.89 bits per heavy atom. The summed E-state index contributed by atoms with van der Waals surface area (Å²) in [4.78, 5) is 11.4. The van der Waals surface area contributed by atoms with Gasteiger partial charge < -0.3 is 0 Å². The molecule has 0 bridgehead atoms. The van der Waals surface area contributed by atoms with E-state index in [1.165, 1.54) is 19.1 Å². The Balaban J connectivity index is 2.21. The highest BCUT2D eigenvalue weighted by Crippen LogP contribution is 2.27. The number of carbonyl (C=O) groups is 1. The van der Waals surface area contributed by atoms with Crippen LogP contribution in [0.4, 0.5) is 4.39 Å². The molecule has 1 heterocycles. The molecule has 19 heavy (non-hydrogen) atoms. The van der Waals surface area contributed by atoms with Crippen molar-refractivity contribution in [2.45, 2.75) is 6.92 Å². The molecule has 0 radical (unpaired) electrons. The van der Waals surface area contributed by atoms with Crippen molar-refractivity contribution in [3.8, 4) is 11.3 Å². The maximum Gasteiger partial charge on any atom is 0.159 e. The molecule has 3 nitrogen and oxygen atoms in total. The van der Waals surface area contributed by atoms with Crippen LogP contribution in [0.25, 0.3) is 22.2 Å². The molecule has 0 aliphatic heterocycles. The molecule has 0 unspecified atom stereocenters. The third kappa shape index (κ3) is 2.01. The first-order valence-electron chi connectivity index (χ1n) is 5.90. The number of hydrogen-bond donors (Lipinski definition) is 1. The molecule has 1 N–H and O–H groups in total. The van der Waals surface area contributed by atoms with E-state index in [0.717, 1.165) is 22.2 Å². The lowest BCUT2D eigenvalue weighted by Crippen LogP contribution is -1.90. The normalized spacial score (nSPS) is 10.8. The van der Waals surface area contributed by atoms with Crippen molar-refractivity contribution in [2.75, 3.05) is 0 Å². The van der Waals surface area contributed by atoms with Crippen molar-refractivity contribution in [3.05, 3.63) is 53.8 Å². The molecule has 0 saturated heterocycles. The van der Waals surface area contributed by atoms with Gasteiger partial charge in [0.1, 0.15) is 5.82 Å². The summed E-state index contributed by atoms with van der Waals surface area (Å²) in [6.07, 6.45) is 0. The summed E-state index contributed by atoms with van der Waals surface area (Å²) >= 11 is 0. The number of aromatic nitrogens is 2. The first-order chi connectivity index (χ1) is 9.15. The monoisotopic (exact) mass is 254 g/mol.